The molecule has 1 saturated carbocycles. The van der Waals surface area contributed by atoms with Gasteiger partial charge >= 0.3 is 0 Å². The van der Waals surface area contributed by atoms with Gasteiger partial charge in [0.2, 0.25) is 5.91 Å². The van der Waals surface area contributed by atoms with Crippen LogP contribution in [0, 0.1) is 5.92 Å². The van der Waals surface area contributed by atoms with E-state index >= 15 is 0 Å². The molecule has 1 aliphatic heterocycles. The molecule has 3 aliphatic rings. The standard InChI is InChI=1S/C14H18N2O3/c17-10-4-5-11-12(8-10)19-13(16-11)6-7-15-14(18)9-2-1-3-9/h4-5,9,13,16H,1-3,6-8H2,(H,15,18). The number of rotatable bonds is 4. The molecule has 1 unspecified atom stereocenters. The van der Waals surface area contributed by atoms with E-state index in [0.29, 0.717) is 19.4 Å². The highest BCUT2D eigenvalue weighted by molar-refractivity contribution is 5.93. The van der Waals surface area contributed by atoms with E-state index in [0.717, 1.165) is 24.3 Å². The van der Waals surface area contributed by atoms with Gasteiger partial charge in [-0.05, 0) is 25.0 Å². The number of amides is 1. The number of ether oxygens (including phenoxy) is 1. The number of hydrogen-bond acceptors (Lipinski definition) is 4. The summed E-state index contributed by atoms with van der Waals surface area (Å²) in [6.07, 6.45) is 7.44. The molecular formula is C14H18N2O3. The Morgan fingerprint density at radius 3 is 3.00 bits per heavy atom. The highest BCUT2D eigenvalue weighted by Crippen LogP contribution is 2.26. The van der Waals surface area contributed by atoms with Gasteiger partial charge in [0.25, 0.3) is 0 Å². The van der Waals surface area contributed by atoms with Crippen LogP contribution in [0.1, 0.15) is 32.1 Å². The van der Waals surface area contributed by atoms with Gasteiger partial charge in [-0.15, -0.1) is 0 Å². The molecule has 0 aromatic carbocycles. The van der Waals surface area contributed by atoms with Gasteiger partial charge in [-0.25, -0.2) is 0 Å². The molecule has 102 valence electrons. The molecule has 0 saturated heterocycles. The largest absolute Gasteiger partial charge is 0.472 e. The van der Waals surface area contributed by atoms with Crippen molar-refractivity contribution in [1.82, 2.24) is 10.6 Å². The van der Waals surface area contributed by atoms with Crippen molar-refractivity contribution in [3.8, 4) is 0 Å². The molecular weight excluding hydrogens is 244 g/mol. The van der Waals surface area contributed by atoms with Crippen LogP contribution in [0.5, 0.6) is 0 Å². The second-order valence-corrected chi connectivity index (χ2v) is 5.27. The van der Waals surface area contributed by atoms with Crippen molar-refractivity contribution in [2.75, 3.05) is 6.54 Å². The van der Waals surface area contributed by atoms with Crippen LogP contribution < -0.4 is 10.6 Å². The van der Waals surface area contributed by atoms with E-state index in [1.807, 2.05) is 0 Å². The van der Waals surface area contributed by atoms with Crippen molar-refractivity contribution in [1.29, 1.82) is 0 Å². The first-order chi connectivity index (χ1) is 9.22. The molecule has 0 radical (unpaired) electrons. The van der Waals surface area contributed by atoms with Gasteiger partial charge in [-0.1, -0.05) is 6.42 Å². The fraction of sp³-hybridized carbons (Fsp3) is 0.571. The Hall–Kier alpha value is -1.78. The minimum atomic E-state index is -0.137. The molecule has 2 N–H and O–H groups in total. The number of allylic oxidation sites excluding steroid dienone is 3. The first-order valence-electron chi connectivity index (χ1n) is 6.87. The predicted molar refractivity (Wildman–Crippen MR) is 68.8 cm³/mol. The lowest BCUT2D eigenvalue weighted by Crippen LogP contribution is -2.37. The average molecular weight is 262 g/mol. The topological polar surface area (TPSA) is 67.4 Å². The highest BCUT2D eigenvalue weighted by atomic mass is 16.5. The molecule has 1 atom stereocenters. The molecule has 1 fully saturated rings. The van der Waals surface area contributed by atoms with Crippen LogP contribution in [0.4, 0.5) is 0 Å². The molecule has 0 aromatic rings. The van der Waals surface area contributed by atoms with Crippen molar-refractivity contribution in [3.63, 3.8) is 0 Å². The number of hydrogen-bond donors (Lipinski definition) is 2. The van der Waals surface area contributed by atoms with Crippen LogP contribution in [0.15, 0.2) is 23.6 Å². The minimum Gasteiger partial charge on any atom is -0.472 e. The molecule has 0 spiro atoms. The van der Waals surface area contributed by atoms with Crippen molar-refractivity contribution in [2.45, 2.75) is 38.3 Å². The first-order valence-corrected chi connectivity index (χ1v) is 6.87. The summed E-state index contributed by atoms with van der Waals surface area (Å²) < 4.78 is 5.66. The number of carbonyl (C=O) groups is 2. The normalized spacial score (nSPS) is 25.5. The molecule has 19 heavy (non-hydrogen) atoms. The van der Waals surface area contributed by atoms with E-state index in [-0.39, 0.29) is 23.8 Å². The third-order valence-corrected chi connectivity index (χ3v) is 3.85. The molecule has 0 bridgehead atoms. The van der Waals surface area contributed by atoms with E-state index in [1.54, 1.807) is 12.2 Å². The molecule has 0 aromatic heterocycles. The summed E-state index contributed by atoms with van der Waals surface area (Å²) in [6, 6.07) is 0. The minimum absolute atomic E-state index is 0.0690. The molecule has 3 rings (SSSR count). The van der Waals surface area contributed by atoms with Gasteiger partial charge < -0.3 is 15.4 Å². The van der Waals surface area contributed by atoms with E-state index < -0.39 is 0 Å². The maximum atomic E-state index is 11.7. The van der Waals surface area contributed by atoms with Crippen molar-refractivity contribution in [2.24, 2.45) is 5.92 Å². The average Bonchev–Trinajstić information content (AvgIpc) is 2.68. The Labute approximate surface area is 112 Å². The summed E-state index contributed by atoms with van der Waals surface area (Å²) in [6.45, 7) is 0.602. The van der Waals surface area contributed by atoms with Gasteiger partial charge in [0.15, 0.2) is 12.0 Å². The van der Waals surface area contributed by atoms with Crippen molar-refractivity contribution >= 4 is 11.7 Å². The molecule has 1 amide bonds. The molecule has 2 aliphatic carbocycles. The van der Waals surface area contributed by atoms with E-state index in [2.05, 4.69) is 10.6 Å². The molecule has 1 heterocycles. The Morgan fingerprint density at radius 1 is 1.42 bits per heavy atom. The monoisotopic (exact) mass is 262 g/mol. The number of nitrogens with one attached hydrogen (secondary N) is 2. The Kier molecular flexibility index (Phi) is 3.27. The van der Waals surface area contributed by atoms with Crippen LogP contribution in [0.2, 0.25) is 0 Å². The SMILES string of the molecule is O=C1C=CC2=C(C1)OC(CCNC(=O)C1CCC1)N2. The summed E-state index contributed by atoms with van der Waals surface area (Å²) in [5.74, 6) is 1.18. The molecule has 5 nitrogen and oxygen atoms in total. The third kappa shape index (κ3) is 2.64. The maximum Gasteiger partial charge on any atom is 0.223 e. The third-order valence-electron chi connectivity index (χ3n) is 3.85. The second-order valence-electron chi connectivity index (χ2n) is 5.27. The van der Waals surface area contributed by atoms with Gasteiger partial charge in [-0.2, -0.15) is 0 Å². The Balaban J connectivity index is 1.40. The van der Waals surface area contributed by atoms with Crippen LogP contribution >= 0.6 is 0 Å². The number of carbonyl (C=O) groups excluding carboxylic acids is 2. The second kappa shape index (κ2) is 5.07. The zero-order chi connectivity index (χ0) is 13.2. The van der Waals surface area contributed by atoms with E-state index in [4.69, 9.17) is 4.74 Å². The van der Waals surface area contributed by atoms with Gasteiger partial charge in [0.05, 0.1) is 12.1 Å². The fourth-order valence-corrected chi connectivity index (χ4v) is 2.46. The van der Waals surface area contributed by atoms with Crippen LogP contribution in [0.25, 0.3) is 0 Å². The van der Waals surface area contributed by atoms with Gasteiger partial charge in [0, 0.05) is 18.9 Å². The number of ketones is 1. The van der Waals surface area contributed by atoms with Crippen LogP contribution in [-0.2, 0) is 14.3 Å². The summed E-state index contributed by atoms with van der Waals surface area (Å²) in [4.78, 5) is 22.9. The van der Waals surface area contributed by atoms with Gasteiger partial charge in [0.1, 0.15) is 5.76 Å². The Morgan fingerprint density at radius 2 is 2.26 bits per heavy atom. The van der Waals surface area contributed by atoms with Gasteiger partial charge in [-0.3, -0.25) is 9.59 Å². The quantitative estimate of drug-likeness (QED) is 0.792. The van der Waals surface area contributed by atoms with E-state index in [9.17, 15) is 9.59 Å². The summed E-state index contributed by atoms with van der Waals surface area (Å²) in [7, 11) is 0. The van der Waals surface area contributed by atoms with Crippen LogP contribution in [-0.4, -0.2) is 24.5 Å². The smallest absolute Gasteiger partial charge is 0.223 e. The van der Waals surface area contributed by atoms with Crippen molar-refractivity contribution < 1.29 is 14.3 Å². The van der Waals surface area contributed by atoms with Crippen LogP contribution in [0.3, 0.4) is 0 Å². The summed E-state index contributed by atoms with van der Waals surface area (Å²) >= 11 is 0. The summed E-state index contributed by atoms with van der Waals surface area (Å²) in [5.41, 5.74) is 0.898. The van der Waals surface area contributed by atoms with Crippen molar-refractivity contribution in [3.05, 3.63) is 23.6 Å². The zero-order valence-corrected chi connectivity index (χ0v) is 10.8. The lowest BCUT2D eigenvalue weighted by atomic mass is 9.85. The lowest BCUT2D eigenvalue weighted by molar-refractivity contribution is -0.127. The Bertz CT molecular complexity index is 463. The van der Waals surface area contributed by atoms with E-state index in [1.165, 1.54) is 6.42 Å². The lowest BCUT2D eigenvalue weighted by Gasteiger charge is -2.24. The predicted octanol–water partition coefficient (Wildman–Crippen LogP) is 0.979. The zero-order valence-electron chi connectivity index (χ0n) is 10.8. The maximum absolute atomic E-state index is 11.7. The highest BCUT2D eigenvalue weighted by Gasteiger charge is 2.28. The first kappa shape index (κ1) is 12.3. The molecule has 5 heteroatoms. The fourth-order valence-electron chi connectivity index (χ4n) is 2.46. The summed E-state index contributed by atoms with van der Waals surface area (Å²) in [5, 5.41) is 6.15.